The molecule has 0 amide bonds. The molecular weight excluding hydrogens is 228 g/mol. The number of hydrogen-bond acceptors (Lipinski definition) is 2. The minimum Gasteiger partial charge on any atom is -0.298 e. The van der Waals surface area contributed by atoms with Crippen LogP contribution in [0.25, 0.3) is 0 Å². The number of thioether (sulfide) groups is 1. The summed E-state index contributed by atoms with van der Waals surface area (Å²) in [4.78, 5) is 11.8. The molecule has 1 aliphatic heterocycles. The van der Waals surface area contributed by atoms with Gasteiger partial charge in [-0.15, -0.1) is 11.8 Å². The van der Waals surface area contributed by atoms with E-state index in [9.17, 15) is 4.79 Å². The Labute approximate surface area is 110 Å². The molecule has 1 heterocycles. The van der Waals surface area contributed by atoms with Gasteiger partial charge in [0.05, 0.1) is 5.25 Å². The van der Waals surface area contributed by atoms with E-state index in [0.717, 1.165) is 12.8 Å². The monoisotopic (exact) mass is 252 g/mol. The van der Waals surface area contributed by atoms with E-state index < -0.39 is 0 Å². The lowest BCUT2D eigenvalue weighted by atomic mass is 10.1. The van der Waals surface area contributed by atoms with Crippen LogP contribution in [0.3, 0.4) is 0 Å². The van der Waals surface area contributed by atoms with E-state index in [1.165, 1.54) is 38.5 Å². The van der Waals surface area contributed by atoms with Crippen LogP contribution in [-0.4, -0.2) is 11.0 Å². The number of rotatable bonds is 9. The highest BCUT2D eigenvalue weighted by Crippen LogP contribution is 2.21. The molecule has 1 atom stereocenters. The molecule has 96 valence electrons. The number of carbonyl (C=O) groups is 1. The average molecular weight is 252 g/mol. The Morgan fingerprint density at radius 2 is 1.76 bits per heavy atom. The third kappa shape index (κ3) is 6.72. The summed E-state index contributed by atoms with van der Waals surface area (Å²) in [6, 6.07) is 0. The van der Waals surface area contributed by atoms with Gasteiger partial charge in [-0.05, 0) is 11.8 Å². The van der Waals surface area contributed by atoms with Crippen molar-refractivity contribution in [2.45, 2.75) is 63.5 Å². The quantitative estimate of drug-likeness (QED) is 0.544. The van der Waals surface area contributed by atoms with Gasteiger partial charge in [-0.3, -0.25) is 4.79 Å². The molecular formula is C15H24OS. The normalized spacial score (nSPS) is 18.5. The van der Waals surface area contributed by atoms with Crippen molar-refractivity contribution in [1.29, 1.82) is 0 Å². The average Bonchev–Trinajstić information content (AvgIpc) is 2.38. The standard InChI is InChI=1S/C15H24OS/c1-2-3-4-5-6-7-8-11-14(16)15-12-9-10-13-17-15/h9-10,12-13,15H,2-8,11H2,1H3. The lowest BCUT2D eigenvalue weighted by Crippen LogP contribution is -2.14. The number of carbonyl (C=O) groups excluding carboxylic acids is 1. The largest absolute Gasteiger partial charge is 0.298 e. The maximum absolute atomic E-state index is 11.8. The zero-order valence-corrected chi connectivity index (χ0v) is 11.7. The van der Waals surface area contributed by atoms with Crippen LogP contribution >= 0.6 is 11.8 Å². The molecule has 0 aromatic rings. The summed E-state index contributed by atoms with van der Waals surface area (Å²) >= 11 is 1.63. The second-order valence-corrected chi connectivity index (χ2v) is 5.66. The first-order chi connectivity index (χ1) is 8.34. The third-order valence-corrected chi connectivity index (χ3v) is 4.07. The van der Waals surface area contributed by atoms with Crippen molar-refractivity contribution in [3.8, 4) is 0 Å². The second-order valence-electron chi connectivity index (χ2n) is 4.61. The maximum atomic E-state index is 11.8. The Morgan fingerprint density at radius 1 is 1.06 bits per heavy atom. The highest BCUT2D eigenvalue weighted by atomic mass is 32.2. The SMILES string of the molecule is CCCCCCCCCC(=O)C1C=CC=CS1. The van der Waals surface area contributed by atoms with Crippen LogP contribution in [0, 0.1) is 0 Å². The zero-order chi connectivity index (χ0) is 12.3. The fourth-order valence-corrected chi connectivity index (χ4v) is 2.77. The van der Waals surface area contributed by atoms with Crippen molar-refractivity contribution in [2.75, 3.05) is 0 Å². The summed E-state index contributed by atoms with van der Waals surface area (Å²) < 4.78 is 0. The van der Waals surface area contributed by atoms with Gasteiger partial charge in [0.25, 0.3) is 0 Å². The van der Waals surface area contributed by atoms with E-state index in [0.29, 0.717) is 5.78 Å². The number of ketones is 1. The van der Waals surface area contributed by atoms with Gasteiger partial charge in [0.1, 0.15) is 5.78 Å². The fourth-order valence-electron chi connectivity index (χ4n) is 1.97. The van der Waals surface area contributed by atoms with Crippen molar-refractivity contribution in [2.24, 2.45) is 0 Å². The van der Waals surface area contributed by atoms with Crippen LogP contribution in [0.2, 0.25) is 0 Å². The van der Waals surface area contributed by atoms with Gasteiger partial charge in [0, 0.05) is 6.42 Å². The molecule has 0 radical (unpaired) electrons. The van der Waals surface area contributed by atoms with Gasteiger partial charge in [-0.25, -0.2) is 0 Å². The third-order valence-electron chi connectivity index (χ3n) is 3.04. The second kappa shape index (κ2) is 9.52. The van der Waals surface area contributed by atoms with E-state index in [4.69, 9.17) is 0 Å². The Hall–Kier alpha value is -0.500. The van der Waals surface area contributed by atoms with Crippen LogP contribution in [0.4, 0.5) is 0 Å². The first kappa shape index (κ1) is 14.6. The molecule has 0 N–H and O–H groups in total. The Morgan fingerprint density at radius 3 is 2.41 bits per heavy atom. The Bertz CT molecular complexity index is 268. The summed E-state index contributed by atoms with van der Waals surface area (Å²) in [5.41, 5.74) is 0. The first-order valence-corrected chi connectivity index (χ1v) is 7.80. The maximum Gasteiger partial charge on any atom is 0.149 e. The molecule has 0 spiro atoms. The van der Waals surface area contributed by atoms with E-state index in [-0.39, 0.29) is 5.25 Å². The summed E-state index contributed by atoms with van der Waals surface area (Å²) in [6.45, 7) is 2.24. The highest BCUT2D eigenvalue weighted by molar-refractivity contribution is 8.03. The van der Waals surface area contributed by atoms with E-state index >= 15 is 0 Å². The van der Waals surface area contributed by atoms with Crippen LogP contribution in [-0.2, 0) is 4.79 Å². The molecule has 0 saturated carbocycles. The van der Waals surface area contributed by atoms with Gasteiger partial charge in [0.15, 0.2) is 0 Å². The molecule has 0 aliphatic carbocycles. The molecule has 1 aliphatic rings. The zero-order valence-electron chi connectivity index (χ0n) is 10.9. The molecule has 0 bridgehead atoms. The first-order valence-electron chi connectivity index (χ1n) is 6.86. The van der Waals surface area contributed by atoms with Gasteiger partial charge in [0.2, 0.25) is 0 Å². The van der Waals surface area contributed by atoms with Crippen molar-refractivity contribution >= 4 is 17.5 Å². The molecule has 0 saturated heterocycles. The number of hydrogen-bond donors (Lipinski definition) is 0. The minimum absolute atomic E-state index is 0.0834. The molecule has 0 aromatic carbocycles. The molecule has 1 unspecified atom stereocenters. The topological polar surface area (TPSA) is 17.1 Å². The van der Waals surface area contributed by atoms with Crippen molar-refractivity contribution in [1.82, 2.24) is 0 Å². The van der Waals surface area contributed by atoms with Crippen molar-refractivity contribution in [3.05, 3.63) is 23.6 Å². The molecule has 17 heavy (non-hydrogen) atoms. The van der Waals surface area contributed by atoms with Crippen molar-refractivity contribution in [3.63, 3.8) is 0 Å². The fraction of sp³-hybridized carbons (Fsp3) is 0.667. The van der Waals surface area contributed by atoms with Crippen LogP contribution in [0.15, 0.2) is 23.6 Å². The lowest BCUT2D eigenvalue weighted by Gasteiger charge is -2.10. The molecule has 0 aromatic heterocycles. The van der Waals surface area contributed by atoms with Crippen molar-refractivity contribution < 1.29 is 4.79 Å². The van der Waals surface area contributed by atoms with E-state index in [1.807, 2.05) is 23.6 Å². The number of allylic oxidation sites excluding steroid dienone is 2. The molecule has 0 fully saturated rings. The molecule has 1 nitrogen and oxygen atoms in total. The van der Waals surface area contributed by atoms with E-state index in [2.05, 4.69) is 6.92 Å². The summed E-state index contributed by atoms with van der Waals surface area (Å²) in [6.07, 6.45) is 15.7. The minimum atomic E-state index is 0.0834. The van der Waals surface area contributed by atoms with Gasteiger partial charge >= 0.3 is 0 Å². The molecule has 2 heteroatoms. The lowest BCUT2D eigenvalue weighted by molar-refractivity contribution is -0.117. The summed E-state index contributed by atoms with van der Waals surface area (Å²) in [7, 11) is 0. The van der Waals surface area contributed by atoms with Crippen LogP contribution < -0.4 is 0 Å². The van der Waals surface area contributed by atoms with Gasteiger partial charge < -0.3 is 0 Å². The predicted octanol–water partition coefficient (Wildman–Crippen LogP) is 4.88. The summed E-state index contributed by atoms with van der Waals surface area (Å²) in [5, 5.41) is 2.09. The number of unbranched alkanes of at least 4 members (excludes halogenated alkanes) is 6. The Balaban J connectivity index is 1.97. The van der Waals surface area contributed by atoms with Crippen LogP contribution in [0.1, 0.15) is 58.3 Å². The Kier molecular flexibility index (Phi) is 8.16. The van der Waals surface area contributed by atoms with E-state index in [1.54, 1.807) is 11.8 Å². The summed E-state index contributed by atoms with van der Waals surface area (Å²) in [5.74, 6) is 0.393. The van der Waals surface area contributed by atoms with Gasteiger partial charge in [-0.2, -0.15) is 0 Å². The van der Waals surface area contributed by atoms with Crippen LogP contribution in [0.5, 0.6) is 0 Å². The smallest absolute Gasteiger partial charge is 0.149 e. The van der Waals surface area contributed by atoms with Gasteiger partial charge in [-0.1, -0.05) is 63.7 Å². The molecule has 1 rings (SSSR count). The predicted molar refractivity (Wildman–Crippen MR) is 77.3 cm³/mol. The number of Topliss-reactive ketones (excluding diaryl/α,β-unsaturated/α-hetero) is 1. The highest BCUT2D eigenvalue weighted by Gasteiger charge is 2.14.